The van der Waals surface area contributed by atoms with Crippen LogP contribution in [0.2, 0.25) is 0 Å². The van der Waals surface area contributed by atoms with Crippen LogP contribution in [-0.2, 0) is 0 Å². The van der Waals surface area contributed by atoms with Crippen LogP contribution in [0.4, 0.5) is 5.69 Å². The van der Waals surface area contributed by atoms with Crippen LogP contribution in [0.25, 0.3) is 0 Å². The van der Waals surface area contributed by atoms with Crippen LogP contribution in [-0.4, -0.2) is 28.3 Å². The second kappa shape index (κ2) is 6.35. The van der Waals surface area contributed by atoms with E-state index in [9.17, 15) is 14.9 Å². The molecule has 0 heterocycles. The number of carbonyl (C=O) groups excluding carboxylic acids is 1. The molecule has 0 aromatic heterocycles. The second-order valence-corrected chi connectivity index (χ2v) is 5.81. The van der Waals surface area contributed by atoms with E-state index in [2.05, 4.69) is 15.9 Å². The summed E-state index contributed by atoms with van der Waals surface area (Å²) in [6, 6.07) is 4.57. The van der Waals surface area contributed by atoms with Crippen LogP contribution in [0.5, 0.6) is 0 Å². The highest BCUT2D eigenvalue weighted by Crippen LogP contribution is 2.28. The van der Waals surface area contributed by atoms with Gasteiger partial charge in [-0.2, -0.15) is 0 Å². The monoisotopic (exact) mass is 340 g/mol. The lowest BCUT2D eigenvalue weighted by atomic mass is 10.1. The maximum Gasteiger partial charge on any atom is 0.270 e. The molecule has 0 aliphatic heterocycles. The van der Waals surface area contributed by atoms with Gasteiger partial charge in [-0.05, 0) is 41.8 Å². The maximum absolute atomic E-state index is 12.6. The van der Waals surface area contributed by atoms with Crippen molar-refractivity contribution < 1.29 is 9.72 Å². The molecule has 0 spiro atoms. The number of non-ortho nitro benzene ring substituents is 1. The van der Waals surface area contributed by atoms with Crippen LogP contribution >= 0.6 is 15.9 Å². The average molecular weight is 341 g/mol. The molecule has 0 N–H and O–H groups in total. The third kappa shape index (κ3) is 3.00. The lowest BCUT2D eigenvalue weighted by Crippen LogP contribution is -2.38. The van der Waals surface area contributed by atoms with E-state index in [1.165, 1.54) is 12.1 Å². The van der Waals surface area contributed by atoms with Crippen molar-refractivity contribution in [1.82, 2.24) is 4.90 Å². The fourth-order valence-electron chi connectivity index (χ4n) is 2.73. The number of amides is 1. The van der Waals surface area contributed by atoms with Gasteiger partial charge in [0, 0.05) is 29.2 Å². The molecule has 1 aromatic rings. The van der Waals surface area contributed by atoms with Crippen LogP contribution in [0.15, 0.2) is 22.7 Å². The van der Waals surface area contributed by atoms with Gasteiger partial charge in [0.1, 0.15) is 0 Å². The van der Waals surface area contributed by atoms with E-state index in [1.54, 1.807) is 6.07 Å². The Morgan fingerprint density at radius 2 is 2.10 bits per heavy atom. The molecule has 1 aromatic carbocycles. The zero-order chi connectivity index (χ0) is 14.7. The van der Waals surface area contributed by atoms with Crippen molar-refractivity contribution in [2.45, 2.75) is 38.6 Å². The Bertz CT molecular complexity index is 527. The normalized spacial score (nSPS) is 15.3. The number of hydrogen-bond acceptors (Lipinski definition) is 3. The van der Waals surface area contributed by atoms with Crippen LogP contribution in [0, 0.1) is 10.1 Å². The van der Waals surface area contributed by atoms with E-state index < -0.39 is 4.92 Å². The molecule has 0 bridgehead atoms. The van der Waals surface area contributed by atoms with Crippen molar-refractivity contribution in [3.05, 3.63) is 38.3 Å². The minimum atomic E-state index is -0.477. The van der Waals surface area contributed by atoms with Gasteiger partial charge in [-0.15, -0.1) is 0 Å². The quantitative estimate of drug-likeness (QED) is 0.619. The molecule has 1 fully saturated rings. The van der Waals surface area contributed by atoms with Crippen LogP contribution < -0.4 is 0 Å². The smallest absolute Gasteiger partial charge is 0.270 e. The third-order valence-corrected chi connectivity index (χ3v) is 4.45. The van der Waals surface area contributed by atoms with Crippen molar-refractivity contribution in [1.29, 1.82) is 0 Å². The average Bonchev–Trinajstić information content (AvgIpc) is 2.93. The van der Waals surface area contributed by atoms with Gasteiger partial charge < -0.3 is 4.90 Å². The van der Waals surface area contributed by atoms with Gasteiger partial charge in [-0.25, -0.2) is 0 Å². The molecule has 0 atom stereocenters. The minimum Gasteiger partial charge on any atom is -0.336 e. The van der Waals surface area contributed by atoms with Crippen molar-refractivity contribution in [3.63, 3.8) is 0 Å². The molecular formula is C14H17BrN2O3. The number of rotatable bonds is 4. The molecule has 108 valence electrons. The highest BCUT2D eigenvalue weighted by molar-refractivity contribution is 9.10. The van der Waals surface area contributed by atoms with E-state index >= 15 is 0 Å². The zero-order valence-electron chi connectivity index (χ0n) is 11.3. The molecule has 0 radical (unpaired) electrons. The highest BCUT2D eigenvalue weighted by atomic mass is 79.9. The summed E-state index contributed by atoms with van der Waals surface area (Å²) in [5.74, 6) is -0.130. The first kappa shape index (κ1) is 15.0. The summed E-state index contributed by atoms with van der Waals surface area (Å²) in [6.45, 7) is 2.57. The second-order valence-electron chi connectivity index (χ2n) is 4.95. The van der Waals surface area contributed by atoms with E-state index in [1.807, 2.05) is 11.8 Å². The van der Waals surface area contributed by atoms with E-state index in [0.29, 0.717) is 16.6 Å². The summed E-state index contributed by atoms with van der Waals surface area (Å²) in [5, 5.41) is 10.8. The van der Waals surface area contributed by atoms with Gasteiger partial charge in [0.05, 0.1) is 10.5 Å². The minimum absolute atomic E-state index is 0.0565. The Morgan fingerprint density at radius 3 is 2.65 bits per heavy atom. The fourth-order valence-corrected chi connectivity index (χ4v) is 3.15. The van der Waals surface area contributed by atoms with Crippen LogP contribution in [0.1, 0.15) is 43.0 Å². The molecular weight excluding hydrogens is 324 g/mol. The van der Waals surface area contributed by atoms with Crippen molar-refractivity contribution in [2.75, 3.05) is 6.54 Å². The zero-order valence-corrected chi connectivity index (χ0v) is 12.9. The summed E-state index contributed by atoms with van der Waals surface area (Å²) in [7, 11) is 0. The number of nitro benzene ring substituents is 1. The SMILES string of the molecule is CCN(C(=O)c1cc([N+](=O)[O-])ccc1Br)C1CCCC1. The first-order chi connectivity index (χ1) is 9.54. The Kier molecular flexibility index (Phi) is 4.75. The molecule has 2 rings (SSSR count). The molecule has 1 amide bonds. The first-order valence-corrected chi connectivity index (χ1v) is 7.58. The van der Waals surface area contributed by atoms with Gasteiger partial charge in [0.25, 0.3) is 11.6 Å². The number of halogens is 1. The van der Waals surface area contributed by atoms with Crippen molar-refractivity contribution in [2.24, 2.45) is 0 Å². The Morgan fingerprint density at radius 1 is 1.45 bits per heavy atom. The molecule has 0 unspecified atom stereocenters. The Balaban J connectivity index is 2.30. The van der Waals surface area contributed by atoms with E-state index in [0.717, 1.165) is 25.7 Å². The Hall–Kier alpha value is -1.43. The number of nitrogens with zero attached hydrogens (tertiary/aromatic N) is 2. The third-order valence-electron chi connectivity index (χ3n) is 3.76. The summed E-state index contributed by atoms with van der Waals surface area (Å²) in [4.78, 5) is 24.8. The largest absolute Gasteiger partial charge is 0.336 e. The lowest BCUT2D eigenvalue weighted by Gasteiger charge is -2.28. The molecule has 1 aliphatic rings. The summed E-state index contributed by atoms with van der Waals surface area (Å²) in [6.07, 6.45) is 4.33. The molecule has 6 heteroatoms. The molecule has 5 nitrogen and oxygen atoms in total. The Labute approximate surface area is 126 Å². The summed E-state index contributed by atoms with van der Waals surface area (Å²) >= 11 is 3.32. The summed E-state index contributed by atoms with van der Waals surface area (Å²) < 4.78 is 0.601. The number of benzene rings is 1. The predicted octanol–water partition coefficient (Wildman–Crippen LogP) is 3.76. The van der Waals surface area contributed by atoms with E-state index in [4.69, 9.17) is 0 Å². The number of hydrogen-bond donors (Lipinski definition) is 0. The van der Waals surface area contributed by atoms with Crippen LogP contribution in [0.3, 0.4) is 0 Å². The van der Waals surface area contributed by atoms with Crippen molar-refractivity contribution in [3.8, 4) is 0 Å². The topological polar surface area (TPSA) is 63.5 Å². The number of nitro groups is 1. The van der Waals surface area contributed by atoms with Gasteiger partial charge >= 0.3 is 0 Å². The van der Waals surface area contributed by atoms with Gasteiger partial charge in [0.2, 0.25) is 0 Å². The summed E-state index contributed by atoms with van der Waals surface area (Å²) in [5.41, 5.74) is 0.312. The number of carbonyl (C=O) groups is 1. The van der Waals surface area contributed by atoms with Gasteiger partial charge in [-0.1, -0.05) is 12.8 Å². The fraction of sp³-hybridized carbons (Fsp3) is 0.500. The van der Waals surface area contributed by atoms with E-state index in [-0.39, 0.29) is 17.6 Å². The lowest BCUT2D eigenvalue weighted by molar-refractivity contribution is -0.384. The molecule has 1 aliphatic carbocycles. The molecule has 0 saturated heterocycles. The standard InChI is InChI=1S/C14H17BrN2O3/c1-2-16(10-5-3-4-6-10)14(18)12-9-11(17(19)20)7-8-13(12)15/h7-10H,2-6H2,1H3. The predicted molar refractivity (Wildman–Crippen MR) is 79.8 cm³/mol. The first-order valence-electron chi connectivity index (χ1n) is 6.79. The maximum atomic E-state index is 12.6. The van der Waals surface area contributed by atoms with Crippen molar-refractivity contribution >= 4 is 27.5 Å². The molecule has 1 saturated carbocycles. The molecule has 20 heavy (non-hydrogen) atoms. The highest BCUT2D eigenvalue weighted by Gasteiger charge is 2.28. The van der Waals surface area contributed by atoms with Gasteiger partial charge in [0.15, 0.2) is 0 Å². The van der Waals surface area contributed by atoms with Gasteiger partial charge in [-0.3, -0.25) is 14.9 Å².